The van der Waals surface area contributed by atoms with Crippen LogP contribution in [0, 0.1) is 5.92 Å². The Balaban J connectivity index is 1.94. The molecule has 0 aliphatic carbocycles. The molecule has 1 aliphatic heterocycles. The third-order valence-electron chi connectivity index (χ3n) is 4.37. The van der Waals surface area contributed by atoms with E-state index in [9.17, 15) is 4.79 Å². The van der Waals surface area contributed by atoms with Crippen molar-refractivity contribution in [1.29, 1.82) is 0 Å². The number of carbonyl (C=O) groups is 1. The van der Waals surface area contributed by atoms with Crippen LogP contribution in [0.15, 0.2) is 43.5 Å². The molecule has 0 atom stereocenters. The lowest BCUT2D eigenvalue weighted by atomic mass is 9.98. The second-order valence-corrected chi connectivity index (χ2v) is 6.13. The van der Waals surface area contributed by atoms with E-state index in [1.807, 2.05) is 18.2 Å². The lowest BCUT2D eigenvalue weighted by Crippen LogP contribution is -2.34. The summed E-state index contributed by atoms with van der Waals surface area (Å²) < 4.78 is 7.05. The van der Waals surface area contributed by atoms with Gasteiger partial charge in [-0.3, -0.25) is 4.57 Å². The average molecular weight is 326 g/mol. The van der Waals surface area contributed by atoms with E-state index in [-0.39, 0.29) is 12.6 Å². The number of hydrogen-bond acceptors (Lipinski definition) is 5. The molecule has 0 spiro atoms. The van der Waals surface area contributed by atoms with Crippen LogP contribution in [0.2, 0.25) is 0 Å². The summed E-state index contributed by atoms with van der Waals surface area (Å²) in [5.74, 6) is 0.396. The molecule has 2 heterocycles. The minimum Gasteiger partial charge on any atom is -0.458 e. The van der Waals surface area contributed by atoms with E-state index in [2.05, 4.69) is 28.6 Å². The van der Waals surface area contributed by atoms with Gasteiger partial charge in [-0.25, -0.2) is 4.79 Å². The van der Waals surface area contributed by atoms with Crippen LogP contribution in [0.25, 0.3) is 5.69 Å². The Morgan fingerprint density at radius 2 is 2.04 bits per heavy atom. The maximum Gasteiger partial charge on any atom is 0.340 e. The van der Waals surface area contributed by atoms with Crippen LogP contribution in [0.4, 0.5) is 5.69 Å². The van der Waals surface area contributed by atoms with Crippen molar-refractivity contribution < 1.29 is 9.53 Å². The highest BCUT2D eigenvalue weighted by atomic mass is 16.5. The Kier molecular flexibility index (Phi) is 4.93. The van der Waals surface area contributed by atoms with Crippen LogP contribution < -0.4 is 4.90 Å². The molecule has 0 unspecified atom stereocenters. The monoisotopic (exact) mass is 326 g/mol. The van der Waals surface area contributed by atoms with Gasteiger partial charge in [0.1, 0.15) is 19.3 Å². The summed E-state index contributed by atoms with van der Waals surface area (Å²) in [5.41, 5.74) is 2.32. The van der Waals surface area contributed by atoms with E-state index < -0.39 is 0 Å². The van der Waals surface area contributed by atoms with Crippen molar-refractivity contribution in [3.05, 3.63) is 49.1 Å². The molecule has 24 heavy (non-hydrogen) atoms. The molecule has 2 aromatic rings. The van der Waals surface area contributed by atoms with Gasteiger partial charge in [0.25, 0.3) is 0 Å². The Labute approximate surface area is 141 Å². The molecular formula is C18H22N4O2. The summed E-state index contributed by atoms with van der Waals surface area (Å²) in [6.45, 7) is 7.97. The molecular weight excluding hydrogens is 304 g/mol. The fraction of sp³-hybridized carbons (Fsp3) is 0.389. The lowest BCUT2D eigenvalue weighted by molar-refractivity contribution is 0.0550. The highest BCUT2D eigenvalue weighted by molar-refractivity contribution is 5.96. The second-order valence-electron chi connectivity index (χ2n) is 6.13. The number of benzene rings is 1. The first kappa shape index (κ1) is 16.2. The zero-order valence-corrected chi connectivity index (χ0v) is 13.9. The third kappa shape index (κ3) is 3.48. The predicted molar refractivity (Wildman–Crippen MR) is 92.4 cm³/mol. The Morgan fingerprint density at radius 1 is 1.33 bits per heavy atom. The molecule has 6 heteroatoms. The lowest BCUT2D eigenvalue weighted by Gasteiger charge is -2.33. The van der Waals surface area contributed by atoms with E-state index in [0.717, 1.165) is 43.2 Å². The third-order valence-corrected chi connectivity index (χ3v) is 4.37. The van der Waals surface area contributed by atoms with E-state index in [1.54, 1.807) is 23.3 Å². The van der Waals surface area contributed by atoms with Crippen molar-refractivity contribution in [2.45, 2.75) is 19.8 Å². The van der Waals surface area contributed by atoms with Gasteiger partial charge in [-0.15, -0.1) is 10.2 Å². The van der Waals surface area contributed by atoms with Gasteiger partial charge in [-0.2, -0.15) is 0 Å². The number of anilines is 1. The molecule has 6 nitrogen and oxygen atoms in total. The fourth-order valence-electron chi connectivity index (χ4n) is 2.92. The Hall–Kier alpha value is -2.63. The summed E-state index contributed by atoms with van der Waals surface area (Å²) >= 11 is 0. The van der Waals surface area contributed by atoms with Crippen LogP contribution in [0.1, 0.15) is 30.1 Å². The summed E-state index contributed by atoms with van der Waals surface area (Å²) in [5, 5.41) is 7.63. The van der Waals surface area contributed by atoms with Crippen LogP contribution in [0.5, 0.6) is 0 Å². The van der Waals surface area contributed by atoms with Crippen molar-refractivity contribution >= 4 is 11.7 Å². The molecule has 0 N–H and O–H groups in total. The summed E-state index contributed by atoms with van der Waals surface area (Å²) in [4.78, 5) is 14.8. The number of rotatable bonds is 5. The fourth-order valence-corrected chi connectivity index (χ4v) is 2.92. The second kappa shape index (κ2) is 7.29. The standard InChI is InChI=1S/C18H22N4O2/c1-3-10-24-18(23)16-11-15(22-12-19-20-13-22)4-5-17(16)21-8-6-14(2)7-9-21/h3-5,11-14H,1,6-10H2,2H3. The number of piperidine rings is 1. The minimum atomic E-state index is -0.335. The molecule has 0 amide bonds. The van der Waals surface area contributed by atoms with E-state index in [1.165, 1.54) is 0 Å². The molecule has 1 aliphatic rings. The van der Waals surface area contributed by atoms with Gasteiger partial charge in [-0.05, 0) is 37.0 Å². The molecule has 1 saturated heterocycles. The van der Waals surface area contributed by atoms with Gasteiger partial charge >= 0.3 is 5.97 Å². The normalized spacial score (nSPS) is 15.3. The number of carbonyl (C=O) groups excluding carboxylic acids is 1. The Morgan fingerprint density at radius 3 is 2.71 bits per heavy atom. The first-order valence-electron chi connectivity index (χ1n) is 8.21. The van der Waals surface area contributed by atoms with Gasteiger partial charge in [0.05, 0.1) is 11.3 Å². The van der Waals surface area contributed by atoms with E-state index in [0.29, 0.717) is 5.56 Å². The summed E-state index contributed by atoms with van der Waals surface area (Å²) in [7, 11) is 0. The topological polar surface area (TPSA) is 60.3 Å². The maximum absolute atomic E-state index is 12.5. The van der Waals surface area contributed by atoms with E-state index in [4.69, 9.17) is 4.74 Å². The molecule has 3 rings (SSSR count). The average Bonchev–Trinajstić information content (AvgIpc) is 3.14. The zero-order valence-electron chi connectivity index (χ0n) is 13.9. The molecule has 0 radical (unpaired) electrons. The van der Waals surface area contributed by atoms with Crippen LogP contribution in [-0.2, 0) is 4.74 Å². The predicted octanol–water partition coefficient (Wildman–Crippen LogP) is 2.85. The molecule has 1 aromatic carbocycles. The number of aromatic nitrogens is 3. The number of hydrogen-bond donors (Lipinski definition) is 0. The number of nitrogens with zero attached hydrogens (tertiary/aromatic N) is 4. The van der Waals surface area contributed by atoms with Gasteiger partial charge in [0.15, 0.2) is 0 Å². The highest BCUT2D eigenvalue weighted by Gasteiger charge is 2.22. The van der Waals surface area contributed by atoms with Crippen LogP contribution in [-0.4, -0.2) is 40.4 Å². The van der Waals surface area contributed by atoms with Crippen LogP contribution >= 0.6 is 0 Å². The van der Waals surface area contributed by atoms with Gasteiger partial charge < -0.3 is 9.64 Å². The number of ether oxygens (including phenoxy) is 1. The molecule has 0 bridgehead atoms. The number of esters is 1. The van der Waals surface area contributed by atoms with Gasteiger partial charge in [-0.1, -0.05) is 19.6 Å². The quantitative estimate of drug-likeness (QED) is 0.624. The van der Waals surface area contributed by atoms with E-state index >= 15 is 0 Å². The SMILES string of the molecule is C=CCOC(=O)c1cc(-n2cnnc2)ccc1N1CCC(C)CC1. The largest absolute Gasteiger partial charge is 0.458 e. The molecule has 0 saturated carbocycles. The maximum atomic E-state index is 12.5. The van der Waals surface area contributed by atoms with Crippen molar-refractivity contribution in [3.63, 3.8) is 0 Å². The summed E-state index contributed by atoms with van der Waals surface area (Å²) in [6, 6.07) is 5.79. The zero-order chi connectivity index (χ0) is 16.9. The first-order valence-corrected chi connectivity index (χ1v) is 8.21. The van der Waals surface area contributed by atoms with Crippen molar-refractivity contribution in [1.82, 2.24) is 14.8 Å². The van der Waals surface area contributed by atoms with Gasteiger partial charge in [0.2, 0.25) is 0 Å². The van der Waals surface area contributed by atoms with Crippen molar-refractivity contribution in [2.24, 2.45) is 5.92 Å². The molecule has 1 aromatic heterocycles. The van der Waals surface area contributed by atoms with Crippen LogP contribution in [0.3, 0.4) is 0 Å². The summed E-state index contributed by atoms with van der Waals surface area (Å²) in [6.07, 6.45) is 7.05. The van der Waals surface area contributed by atoms with Gasteiger partial charge in [0, 0.05) is 18.8 Å². The highest BCUT2D eigenvalue weighted by Crippen LogP contribution is 2.28. The first-order chi connectivity index (χ1) is 11.7. The molecule has 1 fully saturated rings. The van der Waals surface area contributed by atoms with Crippen molar-refractivity contribution in [3.8, 4) is 5.69 Å². The van der Waals surface area contributed by atoms with Crippen molar-refractivity contribution in [2.75, 3.05) is 24.6 Å². The Bertz CT molecular complexity index is 704. The minimum absolute atomic E-state index is 0.201. The molecule has 126 valence electrons. The smallest absolute Gasteiger partial charge is 0.340 e.